The second-order valence-corrected chi connectivity index (χ2v) is 4.28. The fourth-order valence-electron chi connectivity index (χ4n) is 2.05. The number of hydrogen-bond donors (Lipinski definition) is 1. The Bertz CT molecular complexity index is 411. The van der Waals surface area contributed by atoms with Gasteiger partial charge in [-0.25, -0.2) is 0 Å². The Morgan fingerprint density at radius 2 is 2.38 bits per heavy atom. The molecule has 16 heavy (non-hydrogen) atoms. The van der Waals surface area contributed by atoms with Crippen LogP contribution in [0.4, 0.5) is 0 Å². The number of rotatable bonds is 3. The van der Waals surface area contributed by atoms with E-state index in [0.717, 1.165) is 19.4 Å². The van der Waals surface area contributed by atoms with Crippen molar-refractivity contribution in [2.24, 2.45) is 5.92 Å². The Balaban J connectivity index is 1.71. The molecule has 1 aromatic rings. The second kappa shape index (κ2) is 3.55. The van der Waals surface area contributed by atoms with Crippen molar-refractivity contribution in [2.75, 3.05) is 6.61 Å². The van der Waals surface area contributed by atoms with Crippen LogP contribution < -0.4 is 0 Å². The van der Waals surface area contributed by atoms with Crippen molar-refractivity contribution in [3.8, 4) is 0 Å². The predicted molar refractivity (Wildman–Crippen MR) is 50.7 cm³/mol. The van der Waals surface area contributed by atoms with Gasteiger partial charge in [0.1, 0.15) is 6.10 Å². The van der Waals surface area contributed by atoms with Crippen LogP contribution >= 0.6 is 0 Å². The molecule has 0 aromatic carbocycles. The summed E-state index contributed by atoms with van der Waals surface area (Å²) in [5, 5.41) is 12.6. The van der Waals surface area contributed by atoms with Crippen LogP contribution in [0.3, 0.4) is 0 Å². The molecule has 2 fully saturated rings. The zero-order chi connectivity index (χ0) is 11.1. The molecular formula is C10H12N2O4. The van der Waals surface area contributed by atoms with E-state index in [1.807, 2.05) is 0 Å². The molecule has 1 saturated heterocycles. The zero-order valence-corrected chi connectivity index (χ0v) is 8.63. The fraction of sp³-hybridized carbons (Fsp3) is 0.700. The van der Waals surface area contributed by atoms with Gasteiger partial charge in [0.15, 0.2) is 0 Å². The summed E-state index contributed by atoms with van der Waals surface area (Å²) < 4.78 is 10.5. The first-order chi connectivity index (χ1) is 7.75. The van der Waals surface area contributed by atoms with E-state index in [-0.39, 0.29) is 17.9 Å². The van der Waals surface area contributed by atoms with Gasteiger partial charge in [0.05, 0.1) is 11.8 Å². The lowest BCUT2D eigenvalue weighted by Gasteiger charge is -2.00. The number of aliphatic carboxylic acids is 1. The summed E-state index contributed by atoms with van der Waals surface area (Å²) in [7, 11) is 0. The van der Waals surface area contributed by atoms with Gasteiger partial charge in [-0.2, -0.15) is 4.98 Å². The van der Waals surface area contributed by atoms with Crippen molar-refractivity contribution < 1.29 is 19.2 Å². The third-order valence-electron chi connectivity index (χ3n) is 3.10. The van der Waals surface area contributed by atoms with Crippen molar-refractivity contribution in [3.63, 3.8) is 0 Å². The van der Waals surface area contributed by atoms with E-state index in [0.29, 0.717) is 18.1 Å². The van der Waals surface area contributed by atoms with Crippen LogP contribution in [0.1, 0.15) is 43.0 Å². The minimum atomic E-state index is -0.790. The van der Waals surface area contributed by atoms with Gasteiger partial charge in [-0.15, -0.1) is 0 Å². The number of hydrogen-bond acceptors (Lipinski definition) is 5. The molecule has 1 N–H and O–H groups in total. The largest absolute Gasteiger partial charge is 0.481 e. The summed E-state index contributed by atoms with van der Waals surface area (Å²) in [6, 6.07) is 0. The summed E-state index contributed by atoms with van der Waals surface area (Å²) in [4.78, 5) is 14.9. The third kappa shape index (κ3) is 1.59. The highest BCUT2D eigenvalue weighted by Gasteiger charge is 2.48. The van der Waals surface area contributed by atoms with Gasteiger partial charge < -0.3 is 14.4 Å². The zero-order valence-electron chi connectivity index (χ0n) is 8.63. The van der Waals surface area contributed by atoms with E-state index < -0.39 is 5.97 Å². The van der Waals surface area contributed by atoms with E-state index in [9.17, 15) is 4.79 Å². The average molecular weight is 224 g/mol. The molecule has 3 atom stereocenters. The Labute approximate surface area is 91.6 Å². The minimum Gasteiger partial charge on any atom is -0.481 e. The molecule has 0 radical (unpaired) electrons. The summed E-state index contributed by atoms with van der Waals surface area (Å²) in [6.45, 7) is 0.732. The molecule has 1 aliphatic heterocycles. The molecule has 3 unspecified atom stereocenters. The molecule has 0 bridgehead atoms. The first-order valence-electron chi connectivity index (χ1n) is 5.43. The Morgan fingerprint density at radius 3 is 3.00 bits per heavy atom. The molecule has 6 nitrogen and oxygen atoms in total. The molecule has 6 heteroatoms. The topological polar surface area (TPSA) is 85.5 Å². The predicted octanol–water partition coefficient (Wildman–Crippen LogP) is 1.11. The van der Waals surface area contributed by atoms with Crippen molar-refractivity contribution in [3.05, 3.63) is 11.7 Å². The first-order valence-corrected chi connectivity index (χ1v) is 5.43. The average Bonchev–Trinajstić information content (AvgIpc) is 2.72. The van der Waals surface area contributed by atoms with Gasteiger partial charge in [0.2, 0.25) is 11.7 Å². The molecule has 3 rings (SSSR count). The first kappa shape index (κ1) is 9.77. The quantitative estimate of drug-likeness (QED) is 0.827. The van der Waals surface area contributed by atoms with Crippen molar-refractivity contribution in [1.82, 2.24) is 10.1 Å². The van der Waals surface area contributed by atoms with Crippen molar-refractivity contribution in [1.29, 1.82) is 0 Å². The summed E-state index contributed by atoms with van der Waals surface area (Å²) >= 11 is 0. The number of carboxylic acid groups (broad SMARTS) is 1. The maximum Gasteiger partial charge on any atom is 0.307 e. The van der Waals surface area contributed by atoms with Crippen LogP contribution in [-0.2, 0) is 9.53 Å². The molecule has 1 aromatic heterocycles. The van der Waals surface area contributed by atoms with Gasteiger partial charge >= 0.3 is 5.97 Å². The maximum absolute atomic E-state index is 10.7. The number of nitrogens with zero attached hydrogens (tertiary/aromatic N) is 2. The molecule has 1 aliphatic carbocycles. The number of carboxylic acids is 1. The maximum atomic E-state index is 10.7. The van der Waals surface area contributed by atoms with Crippen LogP contribution in [0.2, 0.25) is 0 Å². The SMILES string of the molecule is O=C(O)C1CC1c1nc(C2CCCO2)no1. The Hall–Kier alpha value is -1.43. The van der Waals surface area contributed by atoms with Crippen LogP contribution in [0.15, 0.2) is 4.52 Å². The summed E-state index contributed by atoms with van der Waals surface area (Å²) in [5.74, 6) is -0.235. The molecule has 0 amide bonds. The normalized spacial score (nSPS) is 32.9. The monoisotopic (exact) mass is 224 g/mol. The third-order valence-corrected chi connectivity index (χ3v) is 3.10. The van der Waals surface area contributed by atoms with Gasteiger partial charge in [-0.05, 0) is 19.3 Å². The molecule has 0 spiro atoms. The van der Waals surface area contributed by atoms with E-state index in [2.05, 4.69) is 10.1 Å². The minimum absolute atomic E-state index is 0.0699. The Kier molecular flexibility index (Phi) is 2.17. The van der Waals surface area contributed by atoms with E-state index in [1.54, 1.807) is 0 Å². The van der Waals surface area contributed by atoms with Crippen molar-refractivity contribution >= 4 is 5.97 Å². The molecule has 2 aliphatic rings. The summed E-state index contributed by atoms with van der Waals surface area (Å²) in [5.41, 5.74) is 0. The molecular weight excluding hydrogens is 212 g/mol. The van der Waals surface area contributed by atoms with Crippen LogP contribution in [0.25, 0.3) is 0 Å². The lowest BCUT2D eigenvalue weighted by atomic mass is 10.2. The smallest absolute Gasteiger partial charge is 0.307 e. The van der Waals surface area contributed by atoms with Crippen molar-refractivity contribution in [2.45, 2.75) is 31.3 Å². The van der Waals surface area contributed by atoms with Gasteiger partial charge in [-0.1, -0.05) is 5.16 Å². The molecule has 2 heterocycles. The van der Waals surface area contributed by atoms with Gasteiger partial charge in [0.25, 0.3) is 0 Å². The lowest BCUT2D eigenvalue weighted by Crippen LogP contribution is -2.00. The van der Waals surface area contributed by atoms with Gasteiger partial charge in [-0.3, -0.25) is 4.79 Å². The number of ether oxygens (including phenoxy) is 1. The summed E-state index contributed by atoms with van der Waals surface area (Å²) in [6.07, 6.45) is 2.45. The van der Waals surface area contributed by atoms with E-state index in [4.69, 9.17) is 14.4 Å². The van der Waals surface area contributed by atoms with E-state index in [1.165, 1.54) is 0 Å². The van der Waals surface area contributed by atoms with Gasteiger partial charge in [0, 0.05) is 6.61 Å². The Morgan fingerprint density at radius 1 is 1.50 bits per heavy atom. The highest BCUT2D eigenvalue weighted by molar-refractivity contribution is 5.74. The van der Waals surface area contributed by atoms with Crippen LogP contribution in [-0.4, -0.2) is 27.8 Å². The highest BCUT2D eigenvalue weighted by atomic mass is 16.5. The highest BCUT2D eigenvalue weighted by Crippen LogP contribution is 2.47. The lowest BCUT2D eigenvalue weighted by molar-refractivity contribution is -0.138. The van der Waals surface area contributed by atoms with E-state index >= 15 is 0 Å². The fourth-order valence-corrected chi connectivity index (χ4v) is 2.05. The molecule has 1 saturated carbocycles. The number of carbonyl (C=O) groups is 1. The molecule has 86 valence electrons. The van der Waals surface area contributed by atoms with Crippen LogP contribution in [0, 0.1) is 5.92 Å². The standard InChI is InChI=1S/C10H12N2O4/c13-10(14)6-4-5(6)9-11-8(12-16-9)7-2-1-3-15-7/h5-7H,1-4H2,(H,13,14). The second-order valence-electron chi connectivity index (χ2n) is 4.28. The van der Waals surface area contributed by atoms with Crippen LogP contribution in [0.5, 0.6) is 0 Å². The number of aromatic nitrogens is 2.